The third-order valence-corrected chi connectivity index (χ3v) is 3.18. The van der Waals surface area contributed by atoms with Gasteiger partial charge in [0.05, 0.1) is 12.2 Å². The van der Waals surface area contributed by atoms with Gasteiger partial charge in [-0.3, -0.25) is 0 Å². The minimum absolute atomic E-state index is 0.115. The number of alkyl halides is 3. The summed E-state index contributed by atoms with van der Waals surface area (Å²) in [5.41, 5.74) is 0.955. The molecule has 0 amide bonds. The van der Waals surface area contributed by atoms with Crippen LogP contribution in [0.1, 0.15) is 22.3 Å². The van der Waals surface area contributed by atoms with Gasteiger partial charge in [-0.15, -0.1) is 12.6 Å². The summed E-state index contributed by atoms with van der Waals surface area (Å²) in [5, 5.41) is 9.02. The summed E-state index contributed by atoms with van der Waals surface area (Å²) in [6.45, 7) is 1.57. The number of aliphatic hydroxyl groups excluding tert-OH is 1. The number of aryl methyl sites for hydroxylation is 1. The average Bonchev–Trinajstić information content (AvgIpc) is 2.70. The van der Waals surface area contributed by atoms with Crippen molar-refractivity contribution < 1.29 is 18.3 Å². The van der Waals surface area contributed by atoms with Crippen molar-refractivity contribution in [3.05, 3.63) is 52.8 Å². The van der Waals surface area contributed by atoms with Crippen LogP contribution in [-0.2, 0) is 19.3 Å². The zero-order valence-corrected chi connectivity index (χ0v) is 11.7. The molecule has 0 atom stereocenters. The van der Waals surface area contributed by atoms with E-state index in [1.165, 1.54) is 10.8 Å². The molecule has 1 aromatic heterocycles. The van der Waals surface area contributed by atoms with Crippen LogP contribution in [0.2, 0.25) is 0 Å². The minimum atomic E-state index is -4.45. The second-order valence-electron chi connectivity index (χ2n) is 4.70. The summed E-state index contributed by atoms with van der Waals surface area (Å²) in [5.74, 6) is 0. The van der Waals surface area contributed by atoms with Crippen LogP contribution in [0, 0.1) is 6.92 Å². The molecule has 2 aromatic rings. The average molecular weight is 301 g/mol. The van der Waals surface area contributed by atoms with Gasteiger partial charge in [0.25, 0.3) is 0 Å². The fourth-order valence-electron chi connectivity index (χ4n) is 2.17. The molecule has 0 aliphatic heterocycles. The van der Waals surface area contributed by atoms with Gasteiger partial charge < -0.3 is 9.67 Å². The minimum Gasteiger partial charge on any atom is -0.392 e. The molecule has 6 heteroatoms. The van der Waals surface area contributed by atoms with Crippen LogP contribution in [0.5, 0.6) is 0 Å². The van der Waals surface area contributed by atoms with Crippen LogP contribution in [0.25, 0.3) is 0 Å². The molecular formula is C14H14F3NOS. The van der Waals surface area contributed by atoms with E-state index in [0.717, 1.165) is 22.2 Å². The largest absolute Gasteiger partial charge is 0.418 e. The maximum atomic E-state index is 12.8. The van der Waals surface area contributed by atoms with Gasteiger partial charge in [-0.2, -0.15) is 13.2 Å². The van der Waals surface area contributed by atoms with Crippen molar-refractivity contribution in [2.24, 2.45) is 0 Å². The lowest BCUT2D eigenvalue weighted by molar-refractivity contribution is -0.138. The molecule has 0 bridgehead atoms. The highest BCUT2D eigenvalue weighted by Crippen LogP contribution is 2.33. The number of aromatic nitrogens is 1. The van der Waals surface area contributed by atoms with Gasteiger partial charge in [-0.25, -0.2) is 0 Å². The first-order chi connectivity index (χ1) is 9.29. The molecule has 1 heterocycles. The van der Waals surface area contributed by atoms with E-state index in [9.17, 15) is 13.2 Å². The van der Waals surface area contributed by atoms with Crippen LogP contribution < -0.4 is 0 Å². The zero-order chi connectivity index (χ0) is 14.9. The van der Waals surface area contributed by atoms with Gasteiger partial charge in [-0.05, 0) is 30.2 Å². The van der Waals surface area contributed by atoms with Crippen LogP contribution in [0.15, 0.2) is 35.5 Å². The highest BCUT2D eigenvalue weighted by molar-refractivity contribution is 7.80. The first-order valence-corrected chi connectivity index (χ1v) is 6.40. The highest BCUT2D eigenvalue weighted by Gasteiger charge is 2.34. The third-order valence-electron chi connectivity index (χ3n) is 2.93. The normalized spacial score (nSPS) is 11.9. The molecule has 2 rings (SSSR count). The topological polar surface area (TPSA) is 25.2 Å². The lowest BCUT2D eigenvalue weighted by atomic mass is 10.1. The van der Waals surface area contributed by atoms with Crippen LogP contribution in [0.4, 0.5) is 13.2 Å². The van der Waals surface area contributed by atoms with E-state index in [4.69, 9.17) is 5.11 Å². The van der Waals surface area contributed by atoms with Crippen molar-refractivity contribution in [2.75, 3.05) is 0 Å². The standard InChI is InChI=1S/C14H14F3NOS/c1-9-2-10(4-12(20)3-9)5-18-6-11(8-19)13(7-18)14(15,16)17/h2-4,6-7,19-20H,5,8H2,1H3. The molecule has 0 saturated carbocycles. The van der Waals surface area contributed by atoms with E-state index in [-0.39, 0.29) is 5.56 Å². The smallest absolute Gasteiger partial charge is 0.392 e. The molecule has 20 heavy (non-hydrogen) atoms. The number of nitrogens with zero attached hydrogens (tertiary/aromatic N) is 1. The zero-order valence-electron chi connectivity index (χ0n) is 10.8. The van der Waals surface area contributed by atoms with Crippen LogP contribution >= 0.6 is 12.6 Å². The van der Waals surface area contributed by atoms with Crippen molar-refractivity contribution in [1.29, 1.82) is 0 Å². The predicted molar refractivity (Wildman–Crippen MR) is 72.9 cm³/mol. The van der Waals surface area contributed by atoms with E-state index in [0.29, 0.717) is 6.54 Å². The second kappa shape index (κ2) is 5.54. The van der Waals surface area contributed by atoms with Crippen molar-refractivity contribution in [1.82, 2.24) is 4.57 Å². The fraction of sp³-hybridized carbons (Fsp3) is 0.286. The van der Waals surface area contributed by atoms with Crippen LogP contribution in [-0.4, -0.2) is 9.67 Å². The highest BCUT2D eigenvalue weighted by atomic mass is 32.1. The predicted octanol–water partition coefficient (Wildman–Crippen LogP) is 3.64. The molecule has 0 unspecified atom stereocenters. The lowest BCUT2D eigenvalue weighted by Crippen LogP contribution is -2.06. The van der Waals surface area contributed by atoms with E-state index >= 15 is 0 Å². The molecule has 1 aromatic carbocycles. The molecule has 0 spiro atoms. The number of hydrogen-bond acceptors (Lipinski definition) is 2. The van der Waals surface area contributed by atoms with Gasteiger partial charge >= 0.3 is 6.18 Å². The third kappa shape index (κ3) is 3.37. The van der Waals surface area contributed by atoms with E-state index in [1.54, 1.807) is 0 Å². The van der Waals surface area contributed by atoms with Crippen molar-refractivity contribution in [3.63, 3.8) is 0 Å². The number of hydrogen-bond donors (Lipinski definition) is 2. The molecule has 2 nitrogen and oxygen atoms in total. The van der Waals surface area contributed by atoms with E-state index in [2.05, 4.69) is 12.6 Å². The van der Waals surface area contributed by atoms with Gasteiger partial charge in [-0.1, -0.05) is 6.07 Å². The summed E-state index contributed by atoms with van der Waals surface area (Å²) >= 11 is 4.25. The van der Waals surface area contributed by atoms with E-state index in [1.807, 2.05) is 25.1 Å². The molecule has 1 N–H and O–H groups in total. The van der Waals surface area contributed by atoms with Gasteiger partial charge in [0.2, 0.25) is 0 Å². The monoisotopic (exact) mass is 301 g/mol. The Labute approximate surface area is 120 Å². The Morgan fingerprint density at radius 2 is 1.90 bits per heavy atom. The maximum Gasteiger partial charge on any atom is 0.418 e. The lowest BCUT2D eigenvalue weighted by Gasteiger charge is -2.06. The Morgan fingerprint density at radius 3 is 2.40 bits per heavy atom. The van der Waals surface area contributed by atoms with Gasteiger partial charge in [0.15, 0.2) is 0 Å². The summed E-state index contributed by atoms with van der Waals surface area (Å²) in [6, 6.07) is 5.58. The summed E-state index contributed by atoms with van der Waals surface area (Å²) in [6.07, 6.45) is -2.11. The Kier molecular flexibility index (Phi) is 4.15. The van der Waals surface area contributed by atoms with Crippen LogP contribution in [0.3, 0.4) is 0 Å². The Morgan fingerprint density at radius 1 is 1.20 bits per heavy atom. The van der Waals surface area contributed by atoms with Gasteiger partial charge in [0, 0.05) is 29.4 Å². The first-order valence-electron chi connectivity index (χ1n) is 5.96. The quantitative estimate of drug-likeness (QED) is 0.831. The second-order valence-corrected chi connectivity index (χ2v) is 5.22. The summed E-state index contributed by atoms with van der Waals surface area (Å²) in [7, 11) is 0. The molecule has 0 aliphatic rings. The maximum absolute atomic E-state index is 12.8. The molecular weight excluding hydrogens is 287 g/mol. The number of benzene rings is 1. The SMILES string of the molecule is Cc1cc(S)cc(Cn2cc(CO)c(C(F)(F)F)c2)c1. The Hall–Kier alpha value is -1.40. The van der Waals surface area contributed by atoms with Crippen molar-refractivity contribution >= 4 is 12.6 Å². The first kappa shape index (κ1) is 15.0. The summed E-state index contributed by atoms with van der Waals surface area (Å²) < 4.78 is 39.8. The fourth-order valence-corrected chi connectivity index (χ4v) is 2.54. The molecule has 0 fully saturated rings. The molecule has 0 aliphatic carbocycles. The number of rotatable bonds is 3. The van der Waals surface area contributed by atoms with Crippen molar-refractivity contribution in [3.8, 4) is 0 Å². The summed E-state index contributed by atoms with van der Waals surface area (Å²) in [4.78, 5) is 0.769. The molecule has 108 valence electrons. The van der Waals surface area contributed by atoms with Crippen molar-refractivity contribution in [2.45, 2.75) is 31.1 Å². The number of halogens is 3. The number of aliphatic hydroxyl groups is 1. The van der Waals surface area contributed by atoms with E-state index < -0.39 is 18.3 Å². The van der Waals surface area contributed by atoms with Gasteiger partial charge in [0.1, 0.15) is 0 Å². The number of thiol groups is 1. The molecule has 0 radical (unpaired) electrons. The Bertz CT molecular complexity index is 599. The molecule has 0 saturated heterocycles. The Balaban J connectivity index is 2.32.